The quantitative estimate of drug-likeness (QED) is 0.664. The highest BCUT2D eigenvalue weighted by atomic mass is 16.5. The van der Waals surface area contributed by atoms with Gasteiger partial charge in [0.05, 0.1) is 26.3 Å². The number of benzene rings is 1. The van der Waals surface area contributed by atoms with Crippen LogP contribution in [-0.2, 0) is 0 Å². The van der Waals surface area contributed by atoms with Crippen molar-refractivity contribution in [2.24, 2.45) is 0 Å². The van der Waals surface area contributed by atoms with E-state index in [1.165, 1.54) is 32.7 Å². The molecule has 1 aromatic rings. The summed E-state index contributed by atoms with van der Waals surface area (Å²) < 4.78 is 11.9. The molecule has 2 N–H and O–H groups in total. The highest BCUT2D eigenvalue weighted by Crippen LogP contribution is 2.27. The Morgan fingerprint density at radius 2 is 1.77 bits per heavy atom. The minimum atomic E-state index is 0.224. The fraction of sp³-hybridized carbons (Fsp3) is 0.667. The van der Waals surface area contributed by atoms with Crippen LogP contribution in [0.25, 0.3) is 0 Å². The maximum atomic E-state index is 5.95. The van der Waals surface area contributed by atoms with Gasteiger partial charge in [0.1, 0.15) is 26.2 Å². The molecule has 0 radical (unpaired) electrons. The van der Waals surface area contributed by atoms with Crippen LogP contribution in [0, 0.1) is 0 Å². The zero-order valence-electron chi connectivity index (χ0n) is 14.4. The van der Waals surface area contributed by atoms with Crippen molar-refractivity contribution in [3.05, 3.63) is 24.3 Å². The van der Waals surface area contributed by atoms with Crippen LogP contribution in [0.5, 0.6) is 11.5 Å². The Morgan fingerprint density at radius 1 is 1.09 bits per heavy atom. The third-order valence-electron chi connectivity index (χ3n) is 4.50. The molecular formula is C18H32N2O2+2. The number of hydrogen-bond acceptors (Lipinski definition) is 2. The predicted molar refractivity (Wildman–Crippen MR) is 89.1 cm³/mol. The third kappa shape index (κ3) is 5.50. The molecule has 0 spiro atoms. The summed E-state index contributed by atoms with van der Waals surface area (Å²) in [4.78, 5) is 3.38. The first-order valence-corrected chi connectivity index (χ1v) is 8.72. The summed E-state index contributed by atoms with van der Waals surface area (Å²) in [6.07, 6.45) is 2.33. The molecule has 0 saturated carbocycles. The fourth-order valence-corrected chi connectivity index (χ4v) is 2.75. The molecule has 0 amide bonds. The number of rotatable bonds is 8. The van der Waals surface area contributed by atoms with E-state index in [1.807, 2.05) is 24.3 Å². The molecule has 1 aliphatic rings. The van der Waals surface area contributed by atoms with Crippen LogP contribution < -0.4 is 19.3 Å². The average molecular weight is 308 g/mol. The number of para-hydroxylation sites is 2. The topological polar surface area (TPSA) is 27.3 Å². The van der Waals surface area contributed by atoms with Crippen molar-refractivity contribution < 1.29 is 19.3 Å². The molecule has 0 aliphatic carbocycles. The molecule has 1 atom stereocenters. The lowest BCUT2D eigenvalue weighted by Crippen LogP contribution is -3.27. The molecule has 124 valence electrons. The van der Waals surface area contributed by atoms with Gasteiger partial charge in [0, 0.05) is 6.42 Å². The standard InChI is InChI=1S/C18H30N2O2/c1-4-16(2)22-18-9-6-5-8-17(18)21-15-7-10-20-13-11-19(3)12-14-20/h5-6,8-9,16H,4,7,10-15H2,1-3H3/p+2/t16-/m0/s1. The summed E-state index contributed by atoms with van der Waals surface area (Å²) in [6.45, 7) is 11.4. The Bertz CT molecular complexity index is 431. The second-order valence-electron chi connectivity index (χ2n) is 6.44. The summed E-state index contributed by atoms with van der Waals surface area (Å²) in [6, 6.07) is 8.01. The van der Waals surface area contributed by atoms with E-state index in [2.05, 4.69) is 20.9 Å². The summed E-state index contributed by atoms with van der Waals surface area (Å²) in [5.74, 6) is 1.74. The van der Waals surface area contributed by atoms with Gasteiger partial charge in [0.15, 0.2) is 11.5 Å². The fourth-order valence-electron chi connectivity index (χ4n) is 2.75. The predicted octanol–water partition coefficient (Wildman–Crippen LogP) is 0.0460. The van der Waals surface area contributed by atoms with Crippen molar-refractivity contribution in [3.63, 3.8) is 0 Å². The van der Waals surface area contributed by atoms with Gasteiger partial charge in [-0.25, -0.2) is 0 Å². The molecule has 22 heavy (non-hydrogen) atoms. The van der Waals surface area contributed by atoms with Gasteiger partial charge >= 0.3 is 0 Å². The van der Waals surface area contributed by atoms with Gasteiger partial charge in [-0.15, -0.1) is 0 Å². The third-order valence-corrected chi connectivity index (χ3v) is 4.50. The van der Waals surface area contributed by atoms with E-state index < -0.39 is 0 Å². The zero-order valence-corrected chi connectivity index (χ0v) is 14.4. The van der Waals surface area contributed by atoms with E-state index in [-0.39, 0.29) is 6.10 Å². The molecule has 1 fully saturated rings. The van der Waals surface area contributed by atoms with Crippen LogP contribution in [0.15, 0.2) is 24.3 Å². The molecule has 4 nitrogen and oxygen atoms in total. The first-order valence-electron chi connectivity index (χ1n) is 8.72. The Morgan fingerprint density at radius 3 is 2.45 bits per heavy atom. The number of piperazine rings is 1. The van der Waals surface area contributed by atoms with Crippen LogP contribution in [-0.4, -0.2) is 52.5 Å². The molecule has 0 aromatic heterocycles. The number of nitrogens with one attached hydrogen (secondary N) is 2. The van der Waals surface area contributed by atoms with E-state index in [1.54, 1.807) is 9.80 Å². The lowest BCUT2D eigenvalue weighted by Gasteiger charge is -2.27. The first-order chi connectivity index (χ1) is 10.7. The van der Waals surface area contributed by atoms with Crippen LogP contribution in [0.4, 0.5) is 0 Å². The Hall–Kier alpha value is -1.26. The maximum Gasteiger partial charge on any atom is 0.161 e. The van der Waals surface area contributed by atoms with Gasteiger partial charge in [-0.1, -0.05) is 19.1 Å². The number of hydrogen-bond donors (Lipinski definition) is 2. The molecule has 4 heteroatoms. The van der Waals surface area contributed by atoms with Crippen molar-refractivity contribution >= 4 is 0 Å². The van der Waals surface area contributed by atoms with Gasteiger partial charge in [-0.2, -0.15) is 0 Å². The van der Waals surface area contributed by atoms with E-state index in [0.717, 1.165) is 30.9 Å². The van der Waals surface area contributed by atoms with Gasteiger partial charge in [0.25, 0.3) is 0 Å². The average Bonchev–Trinajstić information content (AvgIpc) is 2.54. The molecule has 1 saturated heterocycles. The lowest BCUT2D eigenvalue weighted by molar-refractivity contribution is -1.00. The van der Waals surface area contributed by atoms with E-state index in [4.69, 9.17) is 9.47 Å². The van der Waals surface area contributed by atoms with Gasteiger partial charge < -0.3 is 19.3 Å². The van der Waals surface area contributed by atoms with E-state index in [0.29, 0.717) is 0 Å². The van der Waals surface area contributed by atoms with Crippen LogP contribution in [0.2, 0.25) is 0 Å². The first kappa shape index (κ1) is 17.1. The summed E-state index contributed by atoms with van der Waals surface area (Å²) in [5, 5.41) is 0. The molecule has 1 aliphatic heterocycles. The second kappa shape index (κ2) is 9.01. The maximum absolute atomic E-state index is 5.95. The Balaban J connectivity index is 1.72. The highest BCUT2D eigenvalue weighted by Gasteiger charge is 2.19. The minimum absolute atomic E-state index is 0.224. The zero-order chi connectivity index (χ0) is 15.8. The molecule has 1 heterocycles. The monoisotopic (exact) mass is 308 g/mol. The SMILES string of the molecule is CC[C@H](C)Oc1ccccc1OCCC[NH+]1CC[NH+](C)CC1. The second-order valence-corrected chi connectivity index (χ2v) is 6.44. The van der Waals surface area contributed by atoms with Crippen molar-refractivity contribution in [2.45, 2.75) is 32.8 Å². The lowest BCUT2D eigenvalue weighted by atomic mass is 10.3. The van der Waals surface area contributed by atoms with Crippen molar-refractivity contribution in [1.82, 2.24) is 0 Å². The number of quaternary nitrogens is 2. The van der Waals surface area contributed by atoms with Gasteiger partial charge in [0.2, 0.25) is 0 Å². The normalized spacial score (nSPS) is 23.0. The Labute approximate surface area is 135 Å². The number of likely N-dealkylation sites (N-methyl/N-ethyl adjacent to an activating group) is 1. The molecule has 2 rings (SSSR count). The largest absolute Gasteiger partial charge is 0.489 e. The van der Waals surface area contributed by atoms with E-state index >= 15 is 0 Å². The molecular weight excluding hydrogens is 276 g/mol. The van der Waals surface area contributed by atoms with Crippen molar-refractivity contribution in [1.29, 1.82) is 0 Å². The summed E-state index contributed by atoms with van der Waals surface area (Å²) >= 11 is 0. The molecule has 1 aromatic carbocycles. The van der Waals surface area contributed by atoms with Crippen molar-refractivity contribution in [2.75, 3.05) is 46.4 Å². The smallest absolute Gasteiger partial charge is 0.161 e. The van der Waals surface area contributed by atoms with Gasteiger partial charge in [-0.3, -0.25) is 0 Å². The highest BCUT2D eigenvalue weighted by molar-refractivity contribution is 5.39. The Kier molecular flexibility index (Phi) is 7.00. The summed E-state index contributed by atoms with van der Waals surface area (Å²) in [5.41, 5.74) is 0. The van der Waals surface area contributed by atoms with E-state index in [9.17, 15) is 0 Å². The molecule has 0 bridgehead atoms. The number of ether oxygens (including phenoxy) is 2. The van der Waals surface area contributed by atoms with Crippen LogP contribution >= 0.6 is 0 Å². The van der Waals surface area contributed by atoms with Crippen LogP contribution in [0.3, 0.4) is 0 Å². The molecule has 0 unspecified atom stereocenters. The van der Waals surface area contributed by atoms with Crippen LogP contribution in [0.1, 0.15) is 26.7 Å². The van der Waals surface area contributed by atoms with Crippen molar-refractivity contribution in [3.8, 4) is 11.5 Å². The van der Waals surface area contributed by atoms with Gasteiger partial charge in [-0.05, 0) is 25.5 Å². The minimum Gasteiger partial charge on any atom is -0.489 e. The summed E-state index contributed by atoms with van der Waals surface area (Å²) in [7, 11) is 2.29.